The molecular weight excluding hydrogens is 214 g/mol. The molecule has 0 unspecified atom stereocenters. The van der Waals surface area contributed by atoms with E-state index in [1.165, 1.54) is 0 Å². The minimum atomic E-state index is -0.00113. The number of nitrogens with zero attached hydrogens (tertiary/aromatic N) is 1. The molecule has 2 rings (SSSR count). The Labute approximate surface area is 100 Å². The van der Waals surface area contributed by atoms with Gasteiger partial charge in [-0.3, -0.25) is 9.78 Å². The third kappa shape index (κ3) is 3.01. The smallest absolute Gasteiger partial charge is 0.234 e. The Morgan fingerprint density at radius 3 is 3.06 bits per heavy atom. The number of fused-ring (bicyclic) bond motifs is 1. The Kier molecular flexibility index (Phi) is 3.67. The second-order valence-corrected chi connectivity index (χ2v) is 3.84. The van der Waals surface area contributed by atoms with Crippen molar-refractivity contribution in [3.63, 3.8) is 0 Å². The number of hydrogen-bond donors (Lipinski definition) is 2. The van der Waals surface area contributed by atoms with Crippen molar-refractivity contribution in [1.29, 1.82) is 0 Å². The predicted octanol–water partition coefficient (Wildman–Crippen LogP) is 1.07. The summed E-state index contributed by atoms with van der Waals surface area (Å²) in [5.41, 5.74) is 2.05. The van der Waals surface area contributed by atoms with Crippen LogP contribution in [0.1, 0.15) is 5.56 Å². The van der Waals surface area contributed by atoms with E-state index >= 15 is 0 Å². The van der Waals surface area contributed by atoms with Gasteiger partial charge in [-0.05, 0) is 30.8 Å². The van der Waals surface area contributed by atoms with Crippen LogP contribution in [0, 0.1) is 0 Å². The van der Waals surface area contributed by atoms with E-state index in [9.17, 15) is 4.79 Å². The molecule has 0 spiro atoms. The van der Waals surface area contributed by atoms with Crippen molar-refractivity contribution >= 4 is 16.8 Å². The van der Waals surface area contributed by atoms with Crippen LogP contribution >= 0.6 is 0 Å². The van der Waals surface area contributed by atoms with E-state index in [4.69, 9.17) is 0 Å². The van der Waals surface area contributed by atoms with Crippen LogP contribution in [0.25, 0.3) is 10.9 Å². The lowest BCUT2D eigenvalue weighted by Gasteiger charge is -2.05. The zero-order chi connectivity index (χ0) is 12.1. The minimum Gasteiger partial charge on any atom is -0.351 e. The molecule has 1 heterocycles. The van der Waals surface area contributed by atoms with Gasteiger partial charge in [0.1, 0.15) is 0 Å². The lowest BCUT2D eigenvalue weighted by atomic mass is 10.1. The molecule has 0 aliphatic heterocycles. The van der Waals surface area contributed by atoms with E-state index in [2.05, 4.69) is 15.6 Å². The number of carbonyl (C=O) groups is 1. The second kappa shape index (κ2) is 5.41. The van der Waals surface area contributed by atoms with Gasteiger partial charge in [-0.15, -0.1) is 0 Å². The van der Waals surface area contributed by atoms with Crippen molar-refractivity contribution in [2.75, 3.05) is 13.6 Å². The first-order valence-corrected chi connectivity index (χ1v) is 5.54. The summed E-state index contributed by atoms with van der Waals surface area (Å²) >= 11 is 0. The Morgan fingerprint density at radius 1 is 1.35 bits per heavy atom. The summed E-state index contributed by atoms with van der Waals surface area (Å²) in [7, 11) is 1.75. The molecule has 17 heavy (non-hydrogen) atoms. The fourth-order valence-corrected chi connectivity index (χ4v) is 1.66. The van der Waals surface area contributed by atoms with Gasteiger partial charge in [0.25, 0.3) is 0 Å². The number of nitrogens with one attached hydrogen (secondary N) is 2. The maximum absolute atomic E-state index is 11.3. The molecule has 2 N–H and O–H groups in total. The van der Waals surface area contributed by atoms with Gasteiger partial charge in [0.2, 0.25) is 5.91 Å². The number of benzene rings is 1. The number of likely N-dealkylation sites (N-methyl/N-ethyl adjacent to an activating group) is 1. The molecular formula is C13H15N3O. The number of amides is 1. The highest BCUT2D eigenvalue weighted by Gasteiger charge is 2.00. The SMILES string of the molecule is CNCC(=O)NCc1ccc2ncccc2c1. The van der Waals surface area contributed by atoms with Crippen LogP contribution in [-0.2, 0) is 11.3 Å². The highest BCUT2D eigenvalue weighted by molar-refractivity contribution is 5.80. The molecule has 4 nitrogen and oxygen atoms in total. The molecule has 2 aromatic rings. The standard InChI is InChI=1S/C13H15N3O/c1-14-9-13(17)16-8-10-4-5-12-11(7-10)3-2-6-15-12/h2-7,14H,8-9H2,1H3,(H,16,17). The van der Waals surface area contributed by atoms with Crippen molar-refractivity contribution in [3.8, 4) is 0 Å². The fraction of sp³-hybridized carbons (Fsp3) is 0.231. The third-order valence-electron chi connectivity index (χ3n) is 2.49. The maximum atomic E-state index is 11.3. The molecule has 0 bridgehead atoms. The van der Waals surface area contributed by atoms with Crippen LogP contribution in [0.5, 0.6) is 0 Å². The van der Waals surface area contributed by atoms with Crippen molar-refractivity contribution in [3.05, 3.63) is 42.1 Å². The first-order valence-electron chi connectivity index (χ1n) is 5.54. The summed E-state index contributed by atoms with van der Waals surface area (Å²) in [5.74, 6) is -0.00113. The minimum absolute atomic E-state index is 0.00113. The van der Waals surface area contributed by atoms with Gasteiger partial charge in [-0.25, -0.2) is 0 Å². The molecule has 1 amide bonds. The van der Waals surface area contributed by atoms with E-state index in [1.54, 1.807) is 13.2 Å². The van der Waals surface area contributed by atoms with Crippen LogP contribution in [-0.4, -0.2) is 24.5 Å². The monoisotopic (exact) mass is 229 g/mol. The van der Waals surface area contributed by atoms with Gasteiger partial charge in [-0.1, -0.05) is 12.1 Å². The lowest BCUT2D eigenvalue weighted by Crippen LogP contribution is -2.31. The summed E-state index contributed by atoms with van der Waals surface area (Å²) in [6, 6.07) is 9.92. The van der Waals surface area contributed by atoms with Gasteiger partial charge in [0, 0.05) is 18.1 Å². The largest absolute Gasteiger partial charge is 0.351 e. The molecule has 88 valence electrons. The Hall–Kier alpha value is -1.94. The van der Waals surface area contributed by atoms with Crippen LogP contribution in [0.2, 0.25) is 0 Å². The van der Waals surface area contributed by atoms with Crippen LogP contribution in [0.15, 0.2) is 36.5 Å². The summed E-state index contributed by atoms with van der Waals surface area (Å²) in [4.78, 5) is 15.5. The van der Waals surface area contributed by atoms with E-state index < -0.39 is 0 Å². The van der Waals surface area contributed by atoms with Gasteiger partial charge < -0.3 is 10.6 Å². The van der Waals surface area contributed by atoms with E-state index in [0.717, 1.165) is 16.5 Å². The Balaban J connectivity index is 2.06. The molecule has 0 saturated carbocycles. The van der Waals surface area contributed by atoms with Crippen molar-refractivity contribution < 1.29 is 4.79 Å². The van der Waals surface area contributed by atoms with Crippen molar-refractivity contribution in [1.82, 2.24) is 15.6 Å². The van der Waals surface area contributed by atoms with E-state index in [1.807, 2.05) is 30.3 Å². The Morgan fingerprint density at radius 2 is 2.24 bits per heavy atom. The van der Waals surface area contributed by atoms with Crippen LogP contribution in [0.3, 0.4) is 0 Å². The average Bonchev–Trinajstić information content (AvgIpc) is 2.36. The highest BCUT2D eigenvalue weighted by atomic mass is 16.1. The number of aromatic nitrogens is 1. The molecule has 0 saturated heterocycles. The normalized spacial score (nSPS) is 10.4. The zero-order valence-electron chi connectivity index (χ0n) is 9.73. The lowest BCUT2D eigenvalue weighted by molar-refractivity contribution is -0.120. The number of pyridine rings is 1. The summed E-state index contributed by atoms with van der Waals surface area (Å²) in [6.07, 6.45) is 1.77. The molecule has 0 aliphatic rings. The van der Waals surface area contributed by atoms with Crippen molar-refractivity contribution in [2.45, 2.75) is 6.54 Å². The van der Waals surface area contributed by atoms with E-state index in [0.29, 0.717) is 13.1 Å². The second-order valence-electron chi connectivity index (χ2n) is 3.84. The quantitative estimate of drug-likeness (QED) is 0.824. The molecule has 4 heteroatoms. The molecule has 0 fully saturated rings. The molecule has 0 aliphatic carbocycles. The number of carbonyl (C=O) groups excluding carboxylic acids is 1. The first kappa shape index (κ1) is 11.5. The summed E-state index contributed by atoms with van der Waals surface area (Å²) in [6.45, 7) is 0.889. The molecule has 1 aromatic heterocycles. The topological polar surface area (TPSA) is 54.0 Å². The zero-order valence-corrected chi connectivity index (χ0v) is 9.73. The van der Waals surface area contributed by atoms with Gasteiger partial charge in [0.05, 0.1) is 12.1 Å². The molecule has 0 radical (unpaired) electrons. The van der Waals surface area contributed by atoms with E-state index in [-0.39, 0.29) is 5.91 Å². The van der Waals surface area contributed by atoms with Gasteiger partial charge in [-0.2, -0.15) is 0 Å². The number of rotatable bonds is 4. The number of hydrogen-bond acceptors (Lipinski definition) is 3. The predicted molar refractivity (Wildman–Crippen MR) is 67.5 cm³/mol. The van der Waals surface area contributed by atoms with Crippen LogP contribution < -0.4 is 10.6 Å². The summed E-state index contributed by atoms with van der Waals surface area (Å²) in [5, 5.41) is 6.74. The van der Waals surface area contributed by atoms with Crippen LogP contribution in [0.4, 0.5) is 0 Å². The molecule has 0 atom stereocenters. The fourth-order valence-electron chi connectivity index (χ4n) is 1.66. The van der Waals surface area contributed by atoms with Gasteiger partial charge >= 0.3 is 0 Å². The average molecular weight is 229 g/mol. The maximum Gasteiger partial charge on any atom is 0.234 e. The summed E-state index contributed by atoms with van der Waals surface area (Å²) < 4.78 is 0. The van der Waals surface area contributed by atoms with Gasteiger partial charge in [0.15, 0.2) is 0 Å². The molecule has 1 aromatic carbocycles. The van der Waals surface area contributed by atoms with Crippen molar-refractivity contribution in [2.24, 2.45) is 0 Å². The highest BCUT2D eigenvalue weighted by Crippen LogP contribution is 2.12. The first-order chi connectivity index (χ1) is 8.29. The third-order valence-corrected chi connectivity index (χ3v) is 2.49. The Bertz CT molecular complexity index is 525.